The Morgan fingerprint density at radius 3 is 2.32 bits per heavy atom. The fourth-order valence-electron chi connectivity index (χ4n) is 3.72. The zero-order valence-electron chi connectivity index (χ0n) is 13.1. The van der Waals surface area contributed by atoms with Gasteiger partial charge in [-0.1, -0.05) is 43.4 Å². The Balaban J connectivity index is 0.000000861. The molecule has 3 nitrogen and oxygen atoms in total. The van der Waals surface area contributed by atoms with Crippen LogP contribution in [0.5, 0.6) is 0 Å². The van der Waals surface area contributed by atoms with Crippen molar-refractivity contribution in [2.45, 2.75) is 39.7 Å². The van der Waals surface area contributed by atoms with Gasteiger partial charge >= 0.3 is 5.97 Å². The van der Waals surface area contributed by atoms with E-state index in [-0.39, 0.29) is 12.1 Å². The van der Waals surface area contributed by atoms with Crippen LogP contribution in [0.4, 0.5) is 0 Å². The monoisotopic (exact) mass is 381 g/mol. The van der Waals surface area contributed by atoms with Crippen molar-refractivity contribution in [1.82, 2.24) is 4.90 Å². The topological polar surface area (TPSA) is 29.5 Å². The number of carbonyl (C=O) groups excluding carboxylic acids is 1. The van der Waals surface area contributed by atoms with E-state index >= 15 is 0 Å². The number of halogens is 1. The first-order valence-electron chi connectivity index (χ1n) is 7.04. The van der Waals surface area contributed by atoms with E-state index in [2.05, 4.69) is 43.4 Å². The van der Waals surface area contributed by atoms with E-state index in [4.69, 9.17) is 4.74 Å². The van der Waals surface area contributed by atoms with E-state index in [0.717, 1.165) is 18.3 Å². The van der Waals surface area contributed by atoms with Crippen LogP contribution in [0.3, 0.4) is 0 Å². The normalized spacial score (nSPS) is 34.9. The molecule has 3 rings (SSSR count). The van der Waals surface area contributed by atoms with Crippen LogP contribution in [0.2, 0.25) is 0 Å². The molecule has 0 saturated heterocycles. The van der Waals surface area contributed by atoms with Crippen LogP contribution in [0, 0.1) is 23.2 Å². The number of likely N-dealkylation sites (N-methyl/N-ethyl adjacent to an activating group) is 1. The van der Waals surface area contributed by atoms with Crippen LogP contribution in [-0.4, -0.2) is 42.5 Å². The second-order valence-electron chi connectivity index (χ2n) is 6.72. The van der Waals surface area contributed by atoms with Gasteiger partial charge in [-0.15, -0.1) is 0 Å². The first kappa shape index (κ1) is 17.2. The average molecular weight is 381 g/mol. The molecule has 2 bridgehead atoms. The lowest BCUT2D eigenvalue weighted by atomic mass is 9.45. The third-order valence-electron chi connectivity index (χ3n) is 5.01. The molecule has 0 unspecified atom stereocenters. The SMILES string of the molecule is CI.C[C@@H]1[C@H]2C[C@@H](C[C@H]1OC(=O)CN(C)C)C2(C)C. The summed E-state index contributed by atoms with van der Waals surface area (Å²) >= 11 is 2.15. The molecule has 4 atom stereocenters. The van der Waals surface area contributed by atoms with E-state index in [1.807, 2.05) is 23.9 Å². The average Bonchev–Trinajstić information content (AvgIpc) is 2.32. The first-order valence-corrected chi connectivity index (χ1v) is 9.20. The minimum absolute atomic E-state index is 0.0778. The summed E-state index contributed by atoms with van der Waals surface area (Å²) < 4.78 is 5.63. The first-order chi connectivity index (χ1) is 8.82. The highest BCUT2D eigenvalue weighted by Gasteiger charge is 2.57. The third kappa shape index (κ3) is 3.63. The number of esters is 1. The summed E-state index contributed by atoms with van der Waals surface area (Å²) in [6.45, 7) is 7.36. The van der Waals surface area contributed by atoms with Gasteiger partial charge in [-0.05, 0) is 55.0 Å². The number of hydrogen-bond acceptors (Lipinski definition) is 3. The Kier molecular flexibility index (Phi) is 6.11. The van der Waals surface area contributed by atoms with Gasteiger partial charge in [0.25, 0.3) is 0 Å². The van der Waals surface area contributed by atoms with Crippen LogP contribution in [0.15, 0.2) is 0 Å². The lowest BCUT2D eigenvalue weighted by Crippen LogP contribution is -2.57. The summed E-state index contributed by atoms with van der Waals surface area (Å²) in [6.07, 6.45) is 2.54. The van der Waals surface area contributed by atoms with E-state index in [1.54, 1.807) is 0 Å². The van der Waals surface area contributed by atoms with E-state index in [9.17, 15) is 4.79 Å². The maximum Gasteiger partial charge on any atom is 0.320 e. The largest absolute Gasteiger partial charge is 0.461 e. The number of fused-ring (bicyclic) bond motifs is 2. The molecule has 0 aromatic carbocycles. The van der Waals surface area contributed by atoms with E-state index in [1.165, 1.54) is 6.42 Å². The second kappa shape index (κ2) is 6.74. The standard InChI is InChI=1S/C14H25NO2.CH3I/c1-9-11-6-10(14(11,2)3)7-12(9)17-13(16)8-15(4)5;1-2/h9-12H,6-8H2,1-5H3;1H3/t9-,10+,11-,12-;/m1./s1. The molecule has 3 fully saturated rings. The smallest absolute Gasteiger partial charge is 0.320 e. The van der Waals surface area contributed by atoms with Crippen molar-refractivity contribution in [3.05, 3.63) is 0 Å². The third-order valence-corrected chi connectivity index (χ3v) is 5.01. The van der Waals surface area contributed by atoms with Gasteiger partial charge in [0.05, 0.1) is 6.54 Å². The van der Waals surface area contributed by atoms with Gasteiger partial charge in [-0.3, -0.25) is 9.69 Å². The van der Waals surface area contributed by atoms with E-state index < -0.39 is 0 Å². The molecule has 0 spiro atoms. The van der Waals surface area contributed by atoms with Gasteiger partial charge in [0.2, 0.25) is 0 Å². The van der Waals surface area contributed by atoms with Crippen LogP contribution >= 0.6 is 22.6 Å². The Bertz CT molecular complexity index is 317. The number of rotatable bonds is 3. The zero-order valence-corrected chi connectivity index (χ0v) is 15.2. The molecule has 0 aliphatic heterocycles. The second-order valence-corrected chi connectivity index (χ2v) is 6.72. The minimum Gasteiger partial charge on any atom is -0.461 e. The molecular formula is C15H28INO2. The van der Waals surface area contributed by atoms with Gasteiger partial charge in [-0.25, -0.2) is 0 Å². The summed E-state index contributed by atoms with van der Waals surface area (Å²) in [6, 6.07) is 0. The van der Waals surface area contributed by atoms with Gasteiger partial charge in [0.15, 0.2) is 0 Å². The number of carbonyl (C=O) groups is 1. The molecular weight excluding hydrogens is 353 g/mol. The minimum atomic E-state index is -0.0778. The van der Waals surface area contributed by atoms with Crippen molar-refractivity contribution in [3.63, 3.8) is 0 Å². The molecule has 0 N–H and O–H groups in total. The molecule has 0 aromatic rings. The van der Waals surface area contributed by atoms with Gasteiger partial charge in [-0.2, -0.15) is 0 Å². The molecule has 4 heteroatoms. The summed E-state index contributed by atoms with van der Waals surface area (Å²) in [7, 11) is 3.79. The molecule has 19 heavy (non-hydrogen) atoms. The number of alkyl halides is 1. The number of nitrogens with zero attached hydrogens (tertiary/aromatic N) is 1. The molecule has 3 saturated carbocycles. The maximum atomic E-state index is 11.7. The molecule has 0 heterocycles. The number of ether oxygens (including phenoxy) is 1. The Labute approximate surface area is 131 Å². The predicted octanol–water partition coefficient (Wildman–Crippen LogP) is 3.21. The van der Waals surface area contributed by atoms with Crippen LogP contribution in [0.25, 0.3) is 0 Å². The Morgan fingerprint density at radius 2 is 1.89 bits per heavy atom. The van der Waals surface area contributed by atoms with Gasteiger partial charge < -0.3 is 4.74 Å². The van der Waals surface area contributed by atoms with Gasteiger partial charge in [0, 0.05) is 0 Å². The highest BCUT2D eigenvalue weighted by molar-refractivity contribution is 14.1. The summed E-state index contributed by atoms with van der Waals surface area (Å²) in [5.74, 6) is 1.92. The number of hydrogen-bond donors (Lipinski definition) is 0. The van der Waals surface area contributed by atoms with E-state index in [0.29, 0.717) is 17.9 Å². The zero-order chi connectivity index (χ0) is 14.8. The van der Waals surface area contributed by atoms with Crippen molar-refractivity contribution in [3.8, 4) is 0 Å². The molecule has 0 aromatic heterocycles. The Hall–Kier alpha value is 0.160. The fourth-order valence-corrected chi connectivity index (χ4v) is 3.72. The summed E-state index contributed by atoms with van der Waals surface area (Å²) in [4.78, 5) is 15.5. The molecule has 0 radical (unpaired) electrons. The predicted molar refractivity (Wildman–Crippen MR) is 87.5 cm³/mol. The lowest BCUT2D eigenvalue weighted by Gasteiger charge is -2.61. The quantitative estimate of drug-likeness (QED) is 0.427. The van der Waals surface area contributed by atoms with Crippen molar-refractivity contribution in [2.75, 3.05) is 25.6 Å². The van der Waals surface area contributed by atoms with Crippen molar-refractivity contribution < 1.29 is 9.53 Å². The highest BCUT2D eigenvalue weighted by atomic mass is 127. The van der Waals surface area contributed by atoms with Crippen molar-refractivity contribution >= 4 is 28.6 Å². The summed E-state index contributed by atoms with van der Waals surface area (Å²) in [5.41, 5.74) is 0.462. The molecule has 0 amide bonds. The van der Waals surface area contributed by atoms with Crippen LogP contribution < -0.4 is 0 Å². The Morgan fingerprint density at radius 1 is 1.32 bits per heavy atom. The summed E-state index contributed by atoms with van der Waals surface area (Å²) in [5, 5.41) is 0. The molecule has 3 aliphatic carbocycles. The molecule has 112 valence electrons. The fraction of sp³-hybridized carbons (Fsp3) is 0.933. The molecule has 3 aliphatic rings. The van der Waals surface area contributed by atoms with Gasteiger partial charge in [0.1, 0.15) is 6.10 Å². The van der Waals surface area contributed by atoms with Crippen LogP contribution in [-0.2, 0) is 9.53 Å². The van der Waals surface area contributed by atoms with Crippen molar-refractivity contribution in [2.24, 2.45) is 23.2 Å². The van der Waals surface area contributed by atoms with Crippen molar-refractivity contribution in [1.29, 1.82) is 0 Å². The highest BCUT2D eigenvalue weighted by Crippen LogP contribution is 2.61. The lowest BCUT2D eigenvalue weighted by molar-refractivity contribution is -0.186. The van der Waals surface area contributed by atoms with Crippen LogP contribution in [0.1, 0.15) is 33.6 Å². The maximum absolute atomic E-state index is 11.7.